The van der Waals surface area contributed by atoms with Gasteiger partial charge in [0.05, 0.1) is 6.20 Å². The maximum atomic E-state index is 5.29. The Morgan fingerprint density at radius 3 is 2.65 bits per heavy atom. The number of aromatic nitrogens is 2. The molecule has 1 N–H and O–H groups in total. The minimum atomic E-state index is 0. The first-order chi connectivity index (χ1) is 8.26. The van der Waals surface area contributed by atoms with Crippen LogP contribution in [-0.2, 0) is 4.74 Å². The normalized spacial score (nSPS) is 15.9. The third kappa shape index (κ3) is 5.63. The van der Waals surface area contributed by atoms with Crippen molar-refractivity contribution in [3.8, 4) is 0 Å². The zero-order chi connectivity index (χ0) is 12.5. The fourth-order valence-corrected chi connectivity index (χ4v) is 1.59. The summed E-state index contributed by atoms with van der Waals surface area (Å²) in [6, 6.07) is 2.50. The van der Waals surface area contributed by atoms with Gasteiger partial charge in [0.1, 0.15) is 5.82 Å². The Labute approximate surface area is 105 Å². The van der Waals surface area contributed by atoms with Crippen molar-refractivity contribution in [2.75, 3.05) is 18.5 Å². The Bertz CT molecular complexity index is 317. The third-order valence-corrected chi connectivity index (χ3v) is 2.36. The molecule has 2 rings (SSSR count). The number of anilines is 1. The maximum absolute atomic E-state index is 5.29. The molecule has 0 amide bonds. The van der Waals surface area contributed by atoms with Crippen LogP contribution >= 0.6 is 0 Å². The minimum Gasteiger partial charge on any atom is -0.381 e. The minimum absolute atomic E-state index is 0. The number of nitrogens with zero attached hydrogens (tertiary/aromatic N) is 2. The molecule has 0 atom stereocenters. The lowest BCUT2D eigenvalue weighted by Crippen LogP contribution is -2.28. The van der Waals surface area contributed by atoms with Gasteiger partial charge in [-0.2, -0.15) is 5.10 Å². The number of aryl methyl sites for hydroxylation is 1. The summed E-state index contributed by atoms with van der Waals surface area (Å²) < 4.78 is 5.29. The van der Waals surface area contributed by atoms with Gasteiger partial charge >= 0.3 is 0 Å². The molecule has 0 saturated carbocycles. The number of nitrogens with one attached hydrogen (secondary N) is 1. The van der Waals surface area contributed by atoms with Crippen LogP contribution in [0.4, 0.5) is 5.82 Å². The Morgan fingerprint density at radius 1 is 1.41 bits per heavy atom. The summed E-state index contributed by atoms with van der Waals surface area (Å²) in [6.07, 6.45) is 5.11. The fourth-order valence-electron chi connectivity index (χ4n) is 1.59. The van der Waals surface area contributed by atoms with Crippen molar-refractivity contribution in [3.63, 3.8) is 0 Å². The van der Waals surface area contributed by atoms with Gasteiger partial charge in [-0.25, -0.2) is 0 Å². The second kappa shape index (κ2) is 8.01. The molecule has 0 aromatic carbocycles. The Morgan fingerprint density at radius 2 is 2.06 bits per heavy atom. The van der Waals surface area contributed by atoms with Crippen LogP contribution in [0.15, 0.2) is 12.3 Å². The molecule has 0 unspecified atom stereocenters. The summed E-state index contributed by atoms with van der Waals surface area (Å²) in [5.74, 6) is 0.872. The standard InChI is InChI=1S/C10H15N3O.C3H8.H2/c1-8-6-10(13-11-7-8)12-9-2-4-14-5-3-9;1-3-2;/h6-7,9H,2-5H2,1H3,(H,12,13);3H2,1-2H3;1H. The van der Waals surface area contributed by atoms with Gasteiger partial charge in [-0.3, -0.25) is 0 Å². The molecule has 4 heteroatoms. The van der Waals surface area contributed by atoms with Crippen molar-refractivity contribution in [1.82, 2.24) is 10.2 Å². The van der Waals surface area contributed by atoms with E-state index in [1.165, 1.54) is 6.42 Å². The van der Waals surface area contributed by atoms with Gasteiger partial charge in [0, 0.05) is 20.7 Å². The number of hydrogen-bond acceptors (Lipinski definition) is 4. The van der Waals surface area contributed by atoms with E-state index in [1.54, 1.807) is 6.20 Å². The largest absolute Gasteiger partial charge is 0.381 e. The van der Waals surface area contributed by atoms with E-state index in [1.807, 2.05) is 13.0 Å². The summed E-state index contributed by atoms with van der Waals surface area (Å²) in [5.41, 5.74) is 1.13. The summed E-state index contributed by atoms with van der Waals surface area (Å²) in [6.45, 7) is 7.96. The van der Waals surface area contributed by atoms with Crippen LogP contribution in [0.5, 0.6) is 0 Å². The Kier molecular flexibility index (Phi) is 6.55. The van der Waals surface area contributed by atoms with E-state index in [0.29, 0.717) is 6.04 Å². The lowest BCUT2D eigenvalue weighted by molar-refractivity contribution is 0.0903. The maximum Gasteiger partial charge on any atom is 0.149 e. The van der Waals surface area contributed by atoms with E-state index >= 15 is 0 Å². The smallest absolute Gasteiger partial charge is 0.149 e. The quantitative estimate of drug-likeness (QED) is 0.861. The number of rotatable bonds is 2. The van der Waals surface area contributed by atoms with E-state index in [9.17, 15) is 0 Å². The Balaban J connectivity index is 0.000000660. The first-order valence-electron chi connectivity index (χ1n) is 6.39. The van der Waals surface area contributed by atoms with Crippen LogP contribution in [0.25, 0.3) is 0 Å². The highest BCUT2D eigenvalue weighted by atomic mass is 16.5. The fraction of sp³-hybridized carbons (Fsp3) is 0.692. The molecule has 1 aromatic rings. The Hall–Kier alpha value is -1.16. The topological polar surface area (TPSA) is 47.0 Å². The molecule has 4 nitrogen and oxygen atoms in total. The molecule has 0 aliphatic carbocycles. The summed E-state index contributed by atoms with van der Waals surface area (Å²) in [5, 5.41) is 11.3. The molecule has 0 radical (unpaired) electrons. The molecule has 1 aromatic heterocycles. The molecule has 2 heterocycles. The number of ether oxygens (including phenoxy) is 1. The summed E-state index contributed by atoms with van der Waals surface area (Å²) in [7, 11) is 0. The van der Waals surface area contributed by atoms with Gasteiger partial charge in [-0.1, -0.05) is 20.3 Å². The van der Waals surface area contributed by atoms with E-state index in [-0.39, 0.29) is 1.43 Å². The van der Waals surface area contributed by atoms with E-state index < -0.39 is 0 Å². The predicted octanol–water partition coefficient (Wildman–Crippen LogP) is 3.04. The van der Waals surface area contributed by atoms with E-state index in [4.69, 9.17) is 4.74 Å². The van der Waals surface area contributed by atoms with Crippen LogP contribution in [0, 0.1) is 6.92 Å². The van der Waals surface area contributed by atoms with Crippen molar-refractivity contribution in [1.29, 1.82) is 0 Å². The second-order valence-corrected chi connectivity index (χ2v) is 4.36. The number of hydrogen-bond donors (Lipinski definition) is 1. The molecule has 17 heavy (non-hydrogen) atoms. The molecular formula is C13H25N3O. The summed E-state index contributed by atoms with van der Waals surface area (Å²) >= 11 is 0. The lowest BCUT2D eigenvalue weighted by atomic mass is 10.1. The second-order valence-electron chi connectivity index (χ2n) is 4.36. The van der Waals surface area contributed by atoms with Crippen LogP contribution in [0.1, 0.15) is 40.1 Å². The molecule has 1 aliphatic heterocycles. The molecular weight excluding hydrogens is 214 g/mol. The van der Waals surface area contributed by atoms with Crippen LogP contribution in [-0.4, -0.2) is 29.5 Å². The van der Waals surface area contributed by atoms with Crippen LogP contribution < -0.4 is 5.32 Å². The molecule has 98 valence electrons. The molecule has 0 spiro atoms. The van der Waals surface area contributed by atoms with Crippen molar-refractivity contribution in [3.05, 3.63) is 17.8 Å². The van der Waals surface area contributed by atoms with Gasteiger partial charge in [-0.15, -0.1) is 5.10 Å². The van der Waals surface area contributed by atoms with E-state index in [0.717, 1.165) is 37.4 Å². The highest BCUT2D eigenvalue weighted by Crippen LogP contribution is 2.12. The van der Waals surface area contributed by atoms with Crippen LogP contribution in [0.2, 0.25) is 0 Å². The predicted molar refractivity (Wildman–Crippen MR) is 72.3 cm³/mol. The van der Waals surface area contributed by atoms with Gasteiger partial charge in [0.25, 0.3) is 0 Å². The molecule has 1 saturated heterocycles. The van der Waals surface area contributed by atoms with Crippen molar-refractivity contribution in [2.24, 2.45) is 0 Å². The monoisotopic (exact) mass is 239 g/mol. The van der Waals surface area contributed by atoms with Crippen molar-refractivity contribution in [2.45, 2.75) is 46.1 Å². The first-order valence-corrected chi connectivity index (χ1v) is 6.39. The van der Waals surface area contributed by atoms with Gasteiger partial charge in [-0.05, 0) is 31.4 Å². The van der Waals surface area contributed by atoms with Gasteiger partial charge in [0.2, 0.25) is 0 Å². The SMILES string of the molecule is CCC.Cc1cnnc(NC2CCOCC2)c1.[HH]. The highest BCUT2D eigenvalue weighted by molar-refractivity contribution is 5.36. The first kappa shape index (κ1) is 13.9. The molecule has 1 aliphatic rings. The molecule has 0 bridgehead atoms. The zero-order valence-corrected chi connectivity index (χ0v) is 11.1. The van der Waals surface area contributed by atoms with Gasteiger partial charge in [0.15, 0.2) is 0 Å². The summed E-state index contributed by atoms with van der Waals surface area (Å²) in [4.78, 5) is 0. The van der Waals surface area contributed by atoms with Crippen LogP contribution in [0.3, 0.4) is 0 Å². The van der Waals surface area contributed by atoms with Gasteiger partial charge < -0.3 is 10.1 Å². The average molecular weight is 239 g/mol. The average Bonchev–Trinajstić information content (AvgIpc) is 2.31. The zero-order valence-electron chi connectivity index (χ0n) is 11.1. The molecule has 1 fully saturated rings. The van der Waals surface area contributed by atoms with Crippen molar-refractivity contribution >= 4 is 5.82 Å². The van der Waals surface area contributed by atoms with Crippen molar-refractivity contribution < 1.29 is 6.16 Å². The lowest BCUT2D eigenvalue weighted by Gasteiger charge is -2.23. The third-order valence-electron chi connectivity index (χ3n) is 2.36. The highest BCUT2D eigenvalue weighted by Gasteiger charge is 2.13. The van der Waals surface area contributed by atoms with E-state index in [2.05, 4.69) is 29.4 Å².